The van der Waals surface area contributed by atoms with Crippen LogP contribution in [0.1, 0.15) is 15.9 Å². The maximum atomic E-state index is 13.8. The van der Waals surface area contributed by atoms with Crippen molar-refractivity contribution in [2.75, 3.05) is 11.1 Å². The van der Waals surface area contributed by atoms with Crippen molar-refractivity contribution in [2.45, 2.75) is 6.92 Å². The second kappa shape index (κ2) is 5.24. The first-order valence-corrected chi connectivity index (χ1v) is 5.71. The molecule has 0 aliphatic rings. The number of aryl methyl sites for hydroxylation is 1. The van der Waals surface area contributed by atoms with Crippen LogP contribution in [-0.2, 0) is 0 Å². The molecule has 0 atom stereocenters. The number of halogens is 3. The zero-order chi connectivity index (χ0) is 14.9. The Kier molecular flexibility index (Phi) is 3.65. The third kappa shape index (κ3) is 2.59. The highest BCUT2D eigenvalue weighted by Gasteiger charge is 2.20. The minimum absolute atomic E-state index is 0.115. The van der Waals surface area contributed by atoms with E-state index in [2.05, 4.69) is 5.32 Å². The number of hydrogen-bond donors (Lipinski definition) is 2. The van der Waals surface area contributed by atoms with E-state index in [0.717, 1.165) is 12.1 Å². The molecule has 0 saturated heterocycles. The summed E-state index contributed by atoms with van der Waals surface area (Å²) >= 11 is 0. The Hall–Kier alpha value is -2.50. The molecule has 3 N–H and O–H groups in total. The average molecular weight is 280 g/mol. The van der Waals surface area contributed by atoms with E-state index in [1.165, 1.54) is 25.1 Å². The van der Waals surface area contributed by atoms with Gasteiger partial charge in [-0.15, -0.1) is 0 Å². The Morgan fingerprint density at radius 1 is 1.10 bits per heavy atom. The lowest BCUT2D eigenvalue weighted by Gasteiger charge is -2.09. The largest absolute Gasteiger partial charge is 0.399 e. The lowest BCUT2D eigenvalue weighted by molar-refractivity contribution is 0.101. The van der Waals surface area contributed by atoms with Crippen molar-refractivity contribution in [3.8, 4) is 0 Å². The van der Waals surface area contributed by atoms with Gasteiger partial charge in [0.1, 0.15) is 23.0 Å². The monoisotopic (exact) mass is 280 g/mol. The maximum Gasteiger partial charge on any atom is 0.261 e. The van der Waals surface area contributed by atoms with Crippen LogP contribution in [0.15, 0.2) is 30.3 Å². The first-order valence-electron chi connectivity index (χ1n) is 5.71. The smallest absolute Gasteiger partial charge is 0.261 e. The molecule has 0 aliphatic carbocycles. The molecule has 0 bridgehead atoms. The molecule has 104 valence electrons. The quantitative estimate of drug-likeness (QED) is 0.830. The van der Waals surface area contributed by atoms with Crippen molar-refractivity contribution < 1.29 is 18.0 Å². The molecule has 2 rings (SSSR count). The van der Waals surface area contributed by atoms with E-state index in [-0.39, 0.29) is 16.9 Å². The van der Waals surface area contributed by atoms with E-state index in [9.17, 15) is 18.0 Å². The molecule has 2 aromatic rings. The van der Waals surface area contributed by atoms with Crippen LogP contribution in [0.25, 0.3) is 0 Å². The SMILES string of the molecule is Cc1ccc(F)c(C(=O)Nc2cc(N)ccc2F)c1F. The van der Waals surface area contributed by atoms with E-state index < -0.39 is 28.9 Å². The number of amides is 1. The number of benzene rings is 2. The van der Waals surface area contributed by atoms with Gasteiger partial charge < -0.3 is 11.1 Å². The summed E-state index contributed by atoms with van der Waals surface area (Å²) < 4.78 is 40.8. The first-order chi connectivity index (χ1) is 9.40. The predicted molar refractivity (Wildman–Crippen MR) is 69.9 cm³/mol. The first kappa shape index (κ1) is 13.9. The van der Waals surface area contributed by atoms with Crippen molar-refractivity contribution in [1.82, 2.24) is 0 Å². The van der Waals surface area contributed by atoms with Gasteiger partial charge in [-0.05, 0) is 36.8 Å². The minimum Gasteiger partial charge on any atom is -0.399 e. The van der Waals surface area contributed by atoms with Crippen molar-refractivity contribution >= 4 is 17.3 Å². The number of nitrogens with two attached hydrogens (primary N) is 1. The van der Waals surface area contributed by atoms with Crippen molar-refractivity contribution in [1.29, 1.82) is 0 Å². The molecule has 1 amide bonds. The minimum atomic E-state index is -1.08. The van der Waals surface area contributed by atoms with Gasteiger partial charge in [0, 0.05) is 5.69 Å². The summed E-state index contributed by atoms with van der Waals surface area (Å²) in [6, 6.07) is 5.71. The van der Waals surface area contributed by atoms with E-state index in [1.807, 2.05) is 0 Å². The summed E-state index contributed by atoms with van der Waals surface area (Å²) in [5.41, 5.74) is 4.79. The second-order valence-electron chi connectivity index (χ2n) is 4.25. The van der Waals surface area contributed by atoms with Gasteiger partial charge in [-0.3, -0.25) is 4.79 Å². The summed E-state index contributed by atoms with van der Waals surface area (Å²) in [6.45, 7) is 1.40. The third-order valence-corrected chi connectivity index (χ3v) is 2.75. The Morgan fingerprint density at radius 3 is 2.45 bits per heavy atom. The third-order valence-electron chi connectivity index (χ3n) is 2.75. The molecule has 0 aromatic heterocycles. The molecule has 0 fully saturated rings. The summed E-state index contributed by atoms with van der Waals surface area (Å²) in [4.78, 5) is 11.9. The molecule has 2 aromatic carbocycles. The standard InChI is InChI=1S/C14H11F3N2O/c1-7-2-4-10(16)12(13(7)17)14(20)19-11-6-8(18)3-5-9(11)15/h2-6H,18H2,1H3,(H,19,20). The molecule has 3 nitrogen and oxygen atoms in total. The van der Waals surface area contributed by atoms with Crippen LogP contribution in [0.2, 0.25) is 0 Å². The highest BCUT2D eigenvalue weighted by Crippen LogP contribution is 2.21. The maximum absolute atomic E-state index is 13.8. The van der Waals surface area contributed by atoms with Gasteiger partial charge in [0.05, 0.1) is 5.69 Å². The van der Waals surface area contributed by atoms with Crippen molar-refractivity contribution in [3.63, 3.8) is 0 Å². The summed E-state index contributed by atoms with van der Waals surface area (Å²) in [5.74, 6) is -3.82. The number of hydrogen-bond acceptors (Lipinski definition) is 2. The van der Waals surface area contributed by atoms with Crippen LogP contribution >= 0.6 is 0 Å². The molecular weight excluding hydrogens is 269 g/mol. The summed E-state index contributed by atoms with van der Waals surface area (Å²) in [7, 11) is 0. The number of carbonyl (C=O) groups excluding carboxylic acids is 1. The molecule has 20 heavy (non-hydrogen) atoms. The van der Waals surface area contributed by atoms with Gasteiger partial charge in [-0.2, -0.15) is 0 Å². The van der Waals surface area contributed by atoms with E-state index in [0.29, 0.717) is 0 Å². The van der Waals surface area contributed by atoms with Gasteiger partial charge in [-0.25, -0.2) is 13.2 Å². The molecule has 0 aliphatic heterocycles. The van der Waals surface area contributed by atoms with Crippen LogP contribution in [0.4, 0.5) is 24.5 Å². The fourth-order valence-corrected chi connectivity index (χ4v) is 1.69. The number of rotatable bonds is 2. The molecule has 0 radical (unpaired) electrons. The molecule has 0 spiro atoms. The number of anilines is 2. The number of nitrogen functional groups attached to an aromatic ring is 1. The highest BCUT2D eigenvalue weighted by atomic mass is 19.1. The Labute approximate surface area is 113 Å². The predicted octanol–water partition coefficient (Wildman–Crippen LogP) is 3.25. The average Bonchev–Trinajstić information content (AvgIpc) is 2.39. The molecule has 6 heteroatoms. The van der Waals surface area contributed by atoms with Gasteiger partial charge in [-0.1, -0.05) is 6.07 Å². The van der Waals surface area contributed by atoms with Crippen LogP contribution in [-0.4, -0.2) is 5.91 Å². The fourth-order valence-electron chi connectivity index (χ4n) is 1.69. The Morgan fingerprint density at radius 2 is 1.75 bits per heavy atom. The zero-order valence-corrected chi connectivity index (χ0v) is 10.5. The molecule has 0 heterocycles. The van der Waals surface area contributed by atoms with Crippen LogP contribution in [0.5, 0.6) is 0 Å². The number of nitrogens with one attached hydrogen (secondary N) is 1. The molecule has 0 saturated carbocycles. The van der Waals surface area contributed by atoms with Gasteiger partial charge >= 0.3 is 0 Å². The van der Waals surface area contributed by atoms with Crippen LogP contribution in [0.3, 0.4) is 0 Å². The fraction of sp³-hybridized carbons (Fsp3) is 0.0714. The number of carbonyl (C=O) groups is 1. The highest BCUT2D eigenvalue weighted by molar-refractivity contribution is 6.05. The van der Waals surface area contributed by atoms with Gasteiger partial charge in [0.2, 0.25) is 0 Å². The zero-order valence-electron chi connectivity index (χ0n) is 10.5. The van der Waals surface area contributed by atoms with E-state index in [4.69, 9.17) is 5.73 Å². The normalized spacial score (nSPS) is 10.4. The lowest BCUT2D eigenvalue weighted by atomic mass is 10.1. The van der Waals surface area contributed by atoms with Crippen LogP contribution < -0.4 is 11.1 Å². The summed E-state index contributed by atoms with van der Waals surface area (Å²) in [5, 5.41) is 2.10. The van der Waals surface area contributed by atoms with E-state index >= 15 is 0 Å². The summed E-state index contributed by atoms with van der Waals surface area (Å²) in [6.07, 6.45) is 0. The molecule has 0 unspecified atom stereocenters. The molecular formula is C14H11F3N2O. The Bertz CT molecular complexity index is 686. The lowest BCUT2D eigenvalue weighted by Crippen LogP contribution is -2.17. The van der Waals surface area contributed by atoms with Crippen LogP contribution in [0, 0.1) is 24.4 Å². The second-order valence-corrected chi connectivity index (χ2v) is 4.25. The van der Waals surface area contributed by atoms with Crippen molar-refractivity contribution in [2.24, 2.45) is 0 Å². The van der Waals surface area contributed by atoms with Gasteiger partial charge in [0.15, 0.2) is 0 Å². The van der Waals surface area contributed by atoms with Gasteiger partial charge in [0.25, 0.3) is 5.91 Å². The topological polar surface area (TPSA) is 55.1 Å². The Balaban J connectivity index is 2.38. The van der Waals surface area contributed by atoms with E-state index in [1.54, 1.807) is 0 Å². The van der Waals surface area contributed by atoms with Crippen molar-refractivity contribution in [3.05, 3.63) is 58.9 Å².